The van der Waals surface area contributed by atoms with Crippen LogP contribution in [-0.2, 0) is 9.63 Å². The molecule has 0 aliphatic carbocycles. The molecule has 0 amide bonds. The Kier molecular flexibility index (Phi) is 19.4. The monoisotopic (exact) mass is 342 g/mol. The summed E-state index contributed by atoms with van der Waals surface area (Å²) in [7, 11) is 0. The van der Waals surface area contributed by atoms with Gasteiger partial charge in [-0.3, -0.25) is 0 Å². The van der Waals surface area contributed by atoms with E-state index in [4.69, 9.17) is 9.94 Å². The summed E-state index contributed by atoms with van der Waals surface area (Å²) in [6.45, 7) is 2.70. The number of rotatable bonds is 18. The Bertz CT molecular complexity index is 293. The smallest absolute Gasteiger partial charge is 0.390 e. The van der Waals surface area contributed by atoms with Crippen LogP contribution in [0.2, 0.25) is 0 Å². The Balaban J connectivity index is 3.16. The second kappa shape index (κ2) is 20.2. The minimum atomic E-state index is -0.180. The highest BCUT2D eigenvalue weighted by Gasteiger charge is 2.19. The molecule has 0 aromatic carbocycles. The van der Waals surface area contributed by atoms with Gasteiger partial charge in [-0.1, -0.05) is 80.8 Å². The third kappa shape index (κ3) is 19.2. The number of allylic oxidation sites excluding steroid dienone is 2. The average molecular weight is 343 g/mol. The van der Waals surface area contributed by atoms with Crippen LogP contribution in [0.25, 0.3) is 0 Å². The lowest BCUT2D eigenvalue weighted by atomic mass is 10.1. The second-order valence-corrected chi connectivity index (χ2v) is 6.50. The summed E-state index contributed by atoms with van der Waals surface area (Å²) in [6, 6.07) is 0. The van der Waals surface area contributed by atoms with E-state index in [9.17, 15) is 4.79 Å². The standard InChI is InChI=1S/C20H39NO3/c1-2-3-4-5-6-7-8-9-10-11-12-13-14-15-16-17-20(23)24-21-18-19-22/h9-10,21-22H,2-8,11-19H2,1H3/q+1/p+1/b10-9-. The predicted molar refractivity (Wildman–Crippen MR) is 99.4 cm³/mol. The second-order valence-electron chi connectivity index (χ2n) is 6.50. The van der Waals surface area contributed by atoms with Crippen molar-refractivity contribution in [1.29, 1.82) is 0 Å². The van der Waals surface area contributed by atoms with Gasteiger partial charge in [-0.25, -0.2) is 0 Å². The Morgan fingerprint density at radius 1 is 0.875 bits per heavy atom. The van der Waals surface area contributed by atoms with Crippen LogP contribution in [0.4, 0.5) is 0 Å². The van der Waals surface area contributed by atoms with E-state index in [1.54, 1.807) is 0 Å². The fraction of sp³-hybridized carbons (Fsp3) is 0.850. The Morgan fingerprint density at radius 2 is 1.42 bits per heavy atom. The zero-order valence-electron chi connectivity index (χ0n) is 15.8. The van der Waals surface area contributed by atoms with Crippen LogP contribution in [0.5, 0.6) is 0 Å². The van der Waals surface area contributed by atoms with E-state index in [-0.39, 0.29) is 12.6 Å². The normalized spacial score (nSPS) is 11.2. The zero-order valence-corrected chi connectivity index (χ0v) is 15.8. The van der Waals surface area contributed by atoms with Crippen LogP contribution < -0.4 is 5.48 Å². The van der Waals surface area contributed by atoms with Gasteiger partial charge in [-0.15, -0.1) is 0 Å². The number of unbranched alkanes of at least 4 members (excludes halogenated alkanes) is 11. The number of carbonyl (C=O) groups excluding carboxylic acids is 1. The zero-order chi connectivity index (χ0) is 17.7. The summed E-state index contributed by atoms with van der Waals surface area (Å²) in [6.07, 6.45) is 21.5. The van der Waals surface area contributed by atoms with Gasteiger partial charge in [0.05, 0.1) is 11.4 Å². The fourth-order valence-electron chi connectivity index (χ4n) is 2.60. The third-order valence-electron chi connectivity index (χ3n) is 4.10. The van der Waals surface area contributed by atoms with E-state index in [1.807, 2.05) is 0 Å². The van der Waals surface area contributed by atoms with Gasteiger partial charge >= 0.3 is 5.97 Å². The first kappa shape index (κ1) is 23.1. The maximum Gasteiger partial charge on any atom is 0.638 e. The molecule has 0 atom stereocenters. The van der Waals surface area contributed by atoms with Crippen molar-refractivity contribution in [2.24, 2.45) is 0 Å². The maximum atomic E-state index is 11.3. The highest BCUT2D eigenvalue weighted by atomic mass is 16.7. The van der Waals surface area contributed by atoms with Gasteiger partial charge in [-0.05, 0) is 32.1 Å². The van der Waals surface area contributed by atoms with Crippen molar-refractivity contribution in [3.8, 4) is 0 Å². The molecule has 4 nitrogen and oxygen atoms in total. The van der Waals surface area contributed by atoms with Gasteiger partial charge in [0.15, 0.2) is 6.54 Å². The molecule has 0 rings (SSSR count). The van der Waals surface area contributed by atoms with Crippen molar-refractivity contribution in [2.75, 3.05) is 13.2 Å². The molecule has 0 spiro atoms. The van der Waals surface area contributed by atoms with Gasteiger partial charge in [0.1, 0.15) is 6.42 Å². The van der Waals surface area contributed by atoms with Crippen molar-refractivity contribution < 1.29 is 20.2 Å². The quantitative estimate of drug-likeness (QED) is 0.171. The van der Waals surface area contributed by atoms with Crippen LogP contribution in [0.3, 0.4) is 0 Å². The molecule has 0 fully saturated rings. The first-order valence-electron chi connectivity index (χ1n) is 10.1. The van der Waals surface area contributed by atoms with Crippen LogP contribution >= 0.6 is 0 Å². The highest BCUT2D eigenvalue weighted by Crippen LogP contribution is 2.09. The van der Waals surface area contributed by atoms with E-state index >= 15 is 0 Å². The SMILES string of the molecule is CCCCCCCC/C=C\CCCCCCCC(=[O+])O[NH2+]CCO. The minimum absolute atomic E-state index is 0.0285. The number of hydrogen-bond acceptors (Lipinski definition) is 3. The summed E-state index contributed by atoms with van der Waals surface area (Å²) in [4.78, 5) is 16.2. The van der Waals surface area contributed by atoms with Crippen molar-refractivity contribution >= 4 is 5.97 Å². The number of hydroxylamine groups is 1. The lowest BCUT2D eigenvalue weighted by Gasteiger charge is -1.98. The Labute approximate surface area is 149 Å². The van der Waals surface area contributed by atoms with E-state index in [1.165, 1.54) is 76.1 Å². The molecular weight excluding hydrogens is 302 g/mol. The Hall–Kier alpha value is -0.870. The lowest BCUT2D eigenvalue weighted by Crippen LogP contribution is -2.84. The van der Waals surface area contributed by atoms with E-state index in [2.05, 4.69) is 19.1 Å². The molecule has 0 saturated carbocycles. The van der Waals surface area contributed by atoms with Crippen LogP contribution in [0.1, 0.15) is 96.8 Å². The first-order chi connectivity index (χ1) is 11.8. The van der Waals surface area contributed by atoms with Gasteiger partial charge in [0.2, 0.25) is 0 Å². The molecule has 4 heteroatoms. The fourth-order valence-corrected chi connectivity index (χ4v) is 2.60. The molecule has 0 aliphatic heterocycles. The summed E-state index contributed by atoms with van der Waals surface area (Å²) in [5.74, 6) is -0.180. The van der Waals surface area contributed by atoms with Crippen LogP contribution in [-0.4, -0.2) is 24.2 Å². The van der Waals surface area contributed by atoms with Crippen molar-refractivity contribution in [3.63, 3.8) is 0 Å². The minimum Gasteiger partial charge on any atom is -0.390 e. The van der Waals surface area contributed by atoms with E-state index in [0.29, 0.717) is 13.0 Å². The first-order valence-corrected chi connectivity index (χ1v) is 10.1. The number of hydrogen-bond donors (Lipinski definition) is 2. The maximum absolute atomic E-state index is 11.3. The topological polar surface area (TPSA) is 66.0 Å². The Morgan fingerprint density at radius 3 is 2.00 bits per heavy atom. The van der Waals surface area contributed by atoms with Crippen LogP contribution in [0.15, 0.2) is 12.2 Å². The number of aliphatic hydroxyl groups excluding tert-OH is 1. The van der Waals surface area contributed by atoms with Gasteiger partial charge < -0.3 is 5.11 Å². The number of aliphatic hydroxyl groups is 1. The number of nitrogens with two attached hydrogens (primary N) is 1. The number of quaternary nitrogens is 1. The molecule has 1 radical (unpaired) electrons. The summed E-state index contributed by atoms with van der Waals surface area (Å²) < 4.78 is 0. The molecule has 3 N–H and O–H groups in total. The summed E-state index contributed by atoms with van der Waals surface area (Å²) in [5, 5.41) is 8.57. The van der Waals surface area contributed by atoms with Gasteiger partial charge in [0, 0.05) is 0 Å². The molecular formula is C20H40NO3+2. The van der Waals surface area contributed by atoms with Crippen molar-refractivity contribution in [1.82, 2.24) is 0 Å². The largest absolute Gasteiger partial charge is 0.638 e. The summed E-state index contributed by atoms with van der Waals surface area (Å²) in [5.41, 5.74) is 1.39. The molecule has 0 unspecified atom stereocenters. The molecule has 0 aliphatic rings. The van der Waals surface area contributed by atoms with Crippen molar-refractivity contribution in [3.05, 3.63) is 12.2 Å². The number of carbonyl (C=O) groups is 1. The highest BCUT2D eigenvalue weighted by molar-refractivity contribution is 5.68. The molecule has 0 bridgehead atoms. The van der Waals surface area contributed by atoms with Crippen LogP contribution in [0, 0.1) is 0 Å². The van der Waals surface area contributed by atoms with Gasteiger partial charge in [0.25, 0.3) is 0 Å². The molecule has 141 valence electrons. The molecule has 0 saturated heterocycles. The average Bonchev–Trinajstić information content (AvgIpc) is 2.58. The third-order valence-corrected chi connectivity index (χ3v) is 4.10. The molecule has 0 heterocycles. The van der Waals surface area contributed by atoms with Crippen molar-refractivity contribution in [2.45, 2.75) is 96.8 Å². The molecule has 0 aromatic heterocycles. The molecule has 24 heavy (non-hydrogen) atoms. The van der Waals surface area contributed by atoms with Gasteiger partial charge in [-0.2, -0.15) is 0 Å². The lowest BCUT2D eigenvalue weighted by molar-refractivity contribution is -0.872. The predicted octanol–water partition coefficient (Wildman–Crippen LogP) is 4.04. The van der Waals surface area contributed by atoms with E-state index < -0.39 is 0 Å². The summed E-state index contributed by atoms with van der Waals surface area (Å²) >= 11 is 0. The molecule has 0 aromatic rings. The van der Waals surface area contributed by atoms with E-state index in [0.717, 1.165) is 12.8 Å².